The Morgan fingerprint density at radius 3 is 2.95 bits per heavy atom. The van der Waals surface area contributed by atoms with E-state index in [1.54, 1.807) is 0 Å². The van der Waals surface area contributed by atoms with Crippen molar-refractivity contribution in [3.8, 4) is 0 Å². The van der Waals surface area contributed by atoms with Crippen molar-refractivity contribution in [2.75, 3.05) is 6.54 Å². The van der Waals surface area contributed by atoms with Crippen LogP contribution in [0, 0.1) is 0 Å². The van der Waals surface area contributed by atoms with Gasteiger partial charge in [0.1, 0.15) is 21.9 Å². The number of carboxylic acid groups (broad SMARTS) is 1. The van der Waals surface area contributed by atoms with Crippen molar-refractivity contribution in [2.45, 2.75) is 11.3 Å². The number of nitrogens with zero attached hydrogens (tertiary/aromatic N) is 2. The Morgan fingerprint density at radius 1 is 1.53 bits per heavy atom. The first-order valence-corrected chi connectivity index (χ1v) is 7.51. The minimum Gasteiger partial charge on any atom is -0.477 e. The SMILES string of the molecule is O=C(O)c1sccc1S(=O)(=O)NCCc1ncn[nH]1. The number of aromatic nitrogens is 3. The predicted octanol–water partition coefficient (Wildman–Crippen LogP) is 0.0854. The zero-order valence-electron chi connectivity index (χ0n) is 9.53. The molecule has 0 aromatic carbocycles. The summed E-state index contributed by atoms with van der Waals surface area (Å²) in [4.78, 5) is 14.3. The third kappa shape index (κ3) is 3.16. The highest BCUT2D eigenvalue weighted by Gasteiger charge is 2.23. The highest BCUT2D eigenvalue weighted by molar-refractivity contribution is 7.89. The normalized spacial score (nSPS) is 11.6. The third-order valence-corrected chi connectivity index (χ3v) is 4.77. The van der Waals surface area contributed by atoms with Crippen molar-refractivity contribution < 1.29 is 18.3 Å². The van der Waals surface area contributed by atoms with Crippen LogP contribution < -0.4 is 4.72 Å². The van der Waals surface area contributed by atoms with E-state index in [9.17, 15) is 13.2 Å². The second-order valence-electron chi connectivity index (χ2n) is 3.50. The molecule has 0 aliphatic carbocycles. The van der Waals surface area contributed by atoms with Crippen LogP contribution in [0.1, 0.15) is 15.5 Å². The fourth-order valence-corrected chi connectivity index (χ4v) is 3.69. The van der Waals surface area contributed by atoms with Crippen molar-refractivity contribution in [2.24, 2.45) is 0 Å². The van der Waals surface area contributed by atoms with Crippen molar-refractivity contribution in [3.63, 3.8) is 0 Å². The molecule has 2 aromatic heterocycles. The van der Waals surface area contributed by atoms with Crippen LogP contribution in [-0.2, 0) is 16.4 Å². The first-order valence-electron chi connectivity index (χ1n) is 5.15. The van der Waals surface area contributed by atoms with Gasteiger partial charge in [-0.1, -0.05) is 0 Å². The number of hydrogen-bond acceptors (Lipinski definition) is 6. The van der Waals surface area contributed by atoms with Gasteiger partial charge >= 0.3 is 5.97 Å². The number of carbonyl (C=O) groups is 1. The molecule has 0 saturated heterocycles. The summed E-state index contributed by atoms with van der Waals surface area (Å²) >= 11 is 0.869. The first-order chi connectivity index (χ1) is 9.00. The molecule has 0 spiro atoms. The molecule has 0 fully saturated rings. The van der Waals surface area contributed by atoms with Crippen LogP contribution in [0.15, 0.2) is 22.7 Å². The molecule has 0 amide bonds. The van der Waals surface area contributed by atoms with E-state index in [0.29, 0.717) is 12.2 Å². The molecule has 8 nitrogen and oxygen atoms in total. The quantitative estimate of drug-likeness (QED) is 0.694. The molecule has 2 rings (SSSR count). The molecule has 0 saturated carbocycles. The summed E-state index contributed by atoms with van der Waals surface area (Å²) in [6.07, 6.45) is 1.66. The molecular weight excluding hydrogens is 292 g/mol. The van der Waals surface area contributed by atoms with Crippen LogP contribution in [-0.4, -0.2) is 41.2 Å². The molecule has 2 aromatic rings. The van der Waals surface area contributed by atoms with Gasteiger partial charge in [-0.15, -0.1) is 11.3 Å². The zero-order chi connectivity index (χ0) is 13.9. The number of rotatable bonds is 6. The Balaban J connectivity index is 2.06. The largest absolute Gasteiger partial charge is 0.477 e. The summed E-state index contributed by atoms with van der Waals surface area (Å²) in [5.41, 5.74) is 0. The molecule has 19 heavy (non-hydrogen) atoms. The van der Waals surface area contributed by atoms with Gasteiger partial charge in [0.2, 0.25) is 10.0 Å². The van der Waals surface area contributed by atoms with E-state index in [1.165, 1.54) is 17.8 Å². The van der Waals surface area contributed by atoms with Gasteiger partial charge in [-0.3, -0.25) is 5.10 Å². The van der Waals surface area contributed by atoms with Crippen molar-refractivity contribution >= 4 is 27.3 Å². The average molecular weight is 302 g/mol. The summed E-state index contributed by atoms with van der Waals surface area (Å²) in [6.45, 7) is 0.104. The molecule has 0 bridgehead atoms. The monoisotopic (exact) mass is 302 g/mol. The zero-order valence-corrected chi connectivity index (χ0v) is 11.2. The topological polar surface area (TPSA) is 125 Å². The van der Waals surface area contributed by atoms with Crippen molar-refractivity contribution in [1.82, 2.24) is 19.9 Å². The molecule has 0 unspecified atom stereocenters. The summed E-state index contributed by atoms with van der Waals surface area (Å²) < 4.78 is 26.2. The lowest BCUT2D eigenvalue weighted by atomic mass is 10.4. The molecule has 3 N–H and O–H groups in total. The number of sulfonamides is 1. The number of hydrogen-bond donors (Lipinski definition) is 3. The molecule has 0 radical (unpaired) electrons. The molecule has 102 valence electrons. The van der Waals surface area contributed by atoms with E-state index in [4.69, 9.17) is 5.11 Å². The van der Waals surface area contributed by atoms with Crippen LogP contribution in [0.3, 0.4) is 0 Å². The van der Waals surface area contributed by atoms with Gasteiger partial charge in [0.15, 0.2) is 0 Å². The van der Waals surface area contributed by atoms with Crippen LogP contribution in [0.2, 0.25) is 0 Å². The number of H-pyrrole nitrogens is 1. The molecule has 10 heteroatoms. The van der Waals surface area contributed by atoms with E-state index in [0.717, 1.165) is 11.3 Å². The van der Waals surface area contributed by atoms with Gasteiger partial charge in [-0.25, -0.2) is 22.9 Å². The number of aromatic carboxylic acids is 1. The molecule has 0 aliphatic rings. The Bertz CT molecular complexity index is 662. The first kappa shape index (κ1) is 13.6. The van der Waals surface area contributed by atoms with Gasteiger partial charge in [-0.05, 0) is 11.4 Å². The Morgan fingerprint density at radius 2 is 2.32 bits per heavy atom. The maximum atomic E-state index is 11.9. The number of thiophene rings is 1. The lowest BCUT2D eigenvalue weighted by Crippen LogP contribution is -2.27. The number of aromatic amines is 1. The highest BCUT2D eigenvalue weighted by Crippen LogP contribution is 2.21. The van der Waals surface area contributed by atoms with Crippen LogP contribution in [0.25, 0.3) is 0 Å². The standard InChI is InChI=1S/C9H10N4O4S2/c14-9(15)8-6(2-4-18-8)19(16,17)12-3-1-7-10-5-11-13-7/h2,4-5,12H,1,3H2,(H,14,15)(H,10,11,13). The van der Waals surface area contributed by atoms with Crippen molar-refractivity contribution in [3.05, 3.63) is 28.5 Å². The van der Waals surface area contributed by atoms with Gasteiger partial charge in [0.05, 0.1) is 0 Å². The Kier molecular flexibility index (Phi) is 3.93. The smallest absolute Gasteiger partial charge is 0.347 e. The Hall–Kier alpha value is -1.78. The molecule has 0 aliphatic heterocycles. The highest BCUT2D eigenvalue weighted by atomic mass is 32.2. The van der Waals surface area contributed by atoms with Crippen molar-refractivity contribution in [1.29, 1.82) is 0 Å². The maximum Gasteiger partial charge on any atom is 0.347 e. The number of carboxylic acids is 1. The molecule has 0 atom stereocenters. The fraction of sp³-hybridized carbons (Fsp3) is 0.222. The van der Waals surface area contributed by atoms with E-state index in [1.807, 2.05) is 0 Å². The molecule has 2 heterocycles. The molecular formula is C9H10N4O4S2. The van der Waals surface area contributed by atoms with Crippen LogP contribution in [0.5, 0.6) is 0 Å². The third-order valence-electron chi connectivity index (χ3n) is 2.23. The lowest BCUT2D eigenvalue weighted by Gasteiger charge is -2.04. The summed E-state index contributed by atoms with van der Waals surface area (Å²) in [6, 6.07) is 1.27. The second kappa shape index (κ2) is 5.47. The van der Waals surface area contributed by atoms with E-state index >= 15 is 0 Å². The van der Waals surface area contributed by atoms with E-state index in [-0.39, 0.29) is 16.3 Å². The maximum absolute atomic E-state index is 11.9. The minimum atomic E-state index is -3.83. The number of nitrogens with one attached hydrogen (secondary N) is 2. The summed E-state index contributed by atoms with van der Waals surface area (Å²) in [5, 5.41) is 16.5. The van der Waals surface area contributed by atoms with Crippen LogP contribution >= 0.6 is 11.3 Å². The van der Waals surface area contributed by atoms with Gasteiger partial charge in [0, 0.05) is 13.0 Å². The van der Waals surface area contributed by atoms with Crippen LogP contribution in [0.4, 0.5) is 0 Å². The van der Waals surface area contributed by atoms with E-state index in [2.05, 4.69) is 19.9 Å². The van der Waals surface area contributed by atoms with Gasteiger partial charge in [-0.2, -0.15) is 5.10 Å². The van der Waals surface area contributed by atoms with E-state index < -0.39 is 16.0 Å². The fourth-order valence-electron chi connectivity index (χ4n) is 1.40. The average Bonchev–Trinajstić information content (AvgIpc) is 2.99. The summed E-state index contributed by atoms with van der Waals surface area (Å²) in [5.74, 6) is -0.711. The Labute approximate surface area is 112 Å². The minimum absolute atomic E-state index is 0.104. The summed E-state index contributed by atoms with van der Waals surface area (Å²) in [7, 11) is -3.83. The second-order valence-corrected chi connectivity index (χ2v) is 6.15. The lowest BCUT2D eigenvalue weighted by molar-refractivity contribution is 0.0698. The van der Waals surface area contributed by atoms with Gasteiger partial charge < -0.3 is 5.11 Å². The van der Waals surface area contributed by atoms with Gasteiger partial charge in [0.25, 0.3) is 0 Å². The predicted molar refractivity (Wildman–Crippen MR) is 66.6 cm³/mol.